The predicted molar refractivity (Wildman–Crippen MR) is 95.8 cm³/mol. The Morgan fingerprint density at radius 3 is 2.17 bits per heavy atom. The van der Waals surface area contributed by atoms with Crippen LogP contribution in [-0.2, 0) is 0 Å². The average Bonchev–Trinajstić information content (AvgIpc) is 2.63. The molecule has 0 aliphatic carbocycles. The topological polar surface area (TPSA) is 47.7 Å². The molecule has 4 rings (SSSR count). The van der Waals surface area contributed by atoms with Gasteiger partial charge in [-0.1, -0.05) is 72.4 Å². The number of para-hydroxylation sites is 1. The molecule has 2 N–H and O–H groups in total. The van der Waals surface area contributed by atoms with Crippen LogP contribution in [-0.4, -0.2) is 5.11 Å². The molecule has 1 aliphatic rings. The van der Waals surface area contributed by atoms with E-state index in [9.17, 15) is 10.3 Å². The molecule has 0 fully saturated rings. The number of benzene rings is 3. The lowest BCUT2D eigenvalue weighted by atomic mass is 9.97. The molecule has 3 aromatic carbocycles. The molecule has 24 heavy (non-hydrogen) atoms. The maximum Gasteiger partial charge on any atom is 0.168 e. The third kappa shape index (κ3) is 2.59. The highest BCUT2D eigenvalue weighted by atomic mass is 32.2. The van der Waals surface area contributed by atoms with E-state index < -0.39 is 5.37 Å². The standard InChI is InChI=1S/C20H17NO2S/c22-17-12-6-4-10-15(17)20-21(23)19(14-8-2-1-3-9-14)16-11-5-7-13-18(16)24-20/h1-13,19-22H. The number of hydrogen-bond donors (Lipinski definition) is 2. The number of phenolic OH excluding ortho intramolecular Hbond substituents is 1. The van der Waals surface area contributed by atoms with E-state index in [1.807, 2.05) is 60.7 Å². The molecular formula is C20H17NO2S. The second-order valence-electron chi connectivity index (χ2n) is 5.84. The summed E-state index contributed by atoms with van der Waals surface area (Å²) in [7, 11) is 0. The van der Waals surface area contributed by atoms with Crippen LogP contribution in [0.3, 0.4) is 0 Å². The molecule has 0 bridgehead atoms. The van der Waals surface area contributed by atoms with E-state index in [0.29, 0.717) is 5.56 Å². The van der Waals surface area contributed by atoms with Crippen molar-refractivity contribution in [3.63, 3.8) is 0 Å². The number of aromatic hydroxyl groups is 1. The van der Waals surface area contributed by atoms with Gasteiger partial charge in [-0.25, -0.2) is 0 Å². The molecule has 120 valence electrons. The third-order valence-electron chi connectivity index (χ3n) is 4.37. The normalized spacial score (nSPS) is 22.8. The van der Waals surface area contributed by atoms with E-state index >= 15 is 0 Å². The zero-order chi connectivity index (χ0) is 16.5. The second-order valence-corrected chi connectivity index (χ2v) is 6.99. The number of quaternary nitrogens is 1. The van der Waals surface area contributed by atoms with Gasteiger partial charge in [0, 0.05) is 16.0 Å². The van der Waals surface area contributed by atoms with Gasteiger partial charge in [0.15, 0.2) is 5.37 Å². The molecule has 3 atom stereocenters. The third-order valence-corrected chi connectivity index (χ3v) is 5.72. The highest BCUT2D eigenvalue weighted by Crippen LogP contribution is 2.43. The summed E-state index contributed by atoms with van der Waals surface area (Å²) in [6.07, 6.45) is 0. The minimum absolute atomic E-state index is 0.117. The van der Waals surface area contributed by atoms with Gasteiger partial charge >= 0.3 is 0 Å². The summed E-state index contributed by atoms with van der Waals surface area (Å²) in [6, 6.07) is 24.7. The first kappa shape index (κ1) is 15.3. The SMILES string of the molecule is [O-][NH+]1C(c2ccccc2O)Sc2ccccc2C1c1ccccc1. The van der Waals surface area contributed by atoms with Crippen LogP contribution < -0.4 is 5.06 Å². The Kier molecular flexibility index (Phi) is 4.02. The molecule has 0 amide bonds. The monoisotopic (exact) mass is 335 g/mol. The van der Waals surface area contributed by atoms with E-state index in [4.69, 9.17) is 0 Å². The molecule has 0 radical (unpaired) electrons. The molecule has 3 unspecified atom stereocenters. The molecule has 1 heterocycles. The Morgan fingerprint density at radius 1 is 0.792 bits per heavy atom. The second kappa shape index (κ2) is 6.32. The van der Waals surface area contributed by atoms with Crippen molar-refractivity contribution in [3.05, 3.63) is 101 Å². The van der Waals surface area contributed by atoms with Gasteiger partial charge in [0.2, 0.25) is 0 Å². The Labute approximate surface area is 145 Å². The summed E-state index contributed by atoms with van der Waals surface area (Å²) in [5, 5.41) is 23.2. The number of fused-ring (bicyclic) bond motifs is 1. The largest absolute Gasteiger partial charge is 0.633 e. The predicted octanol–water partition coefficient (Wildman–Crippen LogP) is 3.67. The van der Waals surface area contributed by atoms with Gasteiger partial charge in [-0.05, 0) is 18.2 Å². The van der Waals surface area contributed by atoms with Gasteiger partial charge in [0.1, 0.15) is 11.8 Å². The highest BCUT2D eigenvalue weighted by Gasteiger charge is 2.37. The Bertz CT molecular complexity index is 853. The fraction of sp³-hybridized carbons (Fsp3) is 0.100. The summed E-state index contributed by atoms with van der Waals surface area (Å²) in [6.45, 7) is 0. The fourth-order valence-corrected chi connectivity index (χ4v) is 4.54. The van der Waals surface area contributed by atoms with Crippen LogP contribution in [0.2, 0.25) is 0 Å². The first-order chi connectivity index (χ1) is 11.8. The van der Waals surface area contributed by atoms with Gasteiger partial charge < -0.3 is 15.4 Å². The summed E-state index contributed by atoms with van der Waals surface area (Å²) in [5.41, 5.74) is 2.73. The van der Waals surface area contributed by atoms with Crippen LogP contribution in [0.1, 0.15) is 28.1 Å². The summed E-state index contributed by atoms with van der Waals surface area (Å²) < 4.78 is 0. The molecule has 0 aromatic heterocycles. The number of rotatable bonds is 2. The fourth-order valence-electron chi connectivity index (χ4n) is 3.23. The minimum atomic E-state index is -0.397. The van der Waals surface area contributed by atoms with E-state index in [2.05, 4.69) is 6.07 Å². The number of nitrogens with one attached hydrogen (secondary N) is 1. The number of hydroxylamine groups is 2. The maximum absolute atomic E-state index is 13.3. The van der Waals surface area contributed by atoms with Crippen molar-refractivity contribution >= 4 is 11.8 Å². The Hall–Kier alpha value is -2.27. The quantitative estimate of drug-likeness (QED) is 0.703. The van der Waals surface area contributed by atoms with Crippen molar-refractivity contribution in [2.24, 2.45) is 0 Å². The first-order valence-corrected chi connectivity index (χ1v) is 8.76. The van der Waals surface area contributed by atoms with Crippen molar-refractivity contribution in [2.45, 2.75) is 16.3 Å². The van der Waals surface area contributed by atoms with Crippen LogP contribution >= 0.6 is 11.8 Å². The summed E-state index contributed by atoms with van der Waals surface area (Å²) in [5.74, 6) is 0.176. The van der Waals surface area contributed by atoms with Crippen molar-refractivity contribution in [1.82, 2.24) is 0 Å². The van der Waals surface area contributed by atoms with Gasteiger partial charge in [0.25, 0.3) is 0 Å². The molecule has 1 aliphatic heterocycles. The maximum atomic E-state index is 13.3. The van der Waals surface area contributed by atoms with Crippen LogP contribution in [0.4, 0.5) is 0 Å². The molecule has 3 nitrogen and oxygen atoms in total. The molecule has 0 saturated heterocycles. The smallest absolute Gasteiger partial charge is 0.168 e. The van der Waals surface area contributed by atoms with Crippen molar-refractivity contribution in [3.8, 4) is 5.75 Å². The highest BCUT2D eigenvalue weighted by molar-refractivity contribution is 7.99. The molecular weight excluding hydrogens is 318 g/mol. The first-order valence-electron chi connectivity index (χ1n) is 7.88. The van der Waals surface area contributed by atoms with E-state index in [1.54, 1.807) is 12.1 Å². The van der Waals surface area contributed by atoms with Crippen LogP contribution in [0.25, 0.3) is 0 Å². The number of phenols is 1. The van der Waals surface area contributed by atoms with Gasteiger partial charge in [0.05, 0.1) is 5.56 Å². The molecule has 0 saturated carbocycles. The minimum Gasteiger partial charge on any atom is -0.633 e. The lowest BCUT2D eigenvalue weighted by Crippen LogP contribution is -3.08. The van der Waals surface area contributed by atoms with Gasteiger partial charge in [-0.2, -0.15) is 0 Å². The lowest BCUT2D eigenvalue weighted by Gasteiger charge is -2.42. The van der Waals surface area contributed by atoms with Crippen LogP contribution in [0, 0.1) is 5.21 Å². The zero-order valence-corrected chi connectivity index (χ0v) is 13.7. The van der Waals surface area contributed by atoms with Crippen molar-refractivity contribution < 1.29 is 10.2 Å². The Balaban J connectivity index is 1.85. The number of hydrogen-bond acceptors (Lipinski definition) is 3. The van der Waals surface area contributed by atoms with Gasteiger partial charge in [-0.15, -0.1) is 0 Å². The molecule has 4 heteroatoms. The summed E-state index contributed by atoms with van der Waals surface area (Å²) >= 11 is 1.52. The van der Waals surface area contributed by atoms with Gasteiger partial charge in [-0.3, -0.25) is 0 Å². The number of thioether (sulfide) groups is 1. The van der Waals surface area contributed by atoms with Crippen molar-refractivity contribution in [2.75, 3.05) is 0 Å². The van der Waals surface area contributed by atoms with E-state index in [-0.39, 0.29) is 16.9 Å². The van der Waals surface area contributed by atoms with E-state index in [1.165, 1.54) is 11.8 Å². The molecule has 3 aromatic rings. The summed E-state index contributed by atoms with van der Waals surface area (Å²) in [4.78, 5) is 1.10. The zero-order valence-electron chi connectivity index (χ0n) is 12.9. The van der Waals surface area contributed by atoms with Crippen LogP contribution in [0.5, 0.6) is 5.75 Å². The average molecular weight is 335 g/mol. The van der Waals surface area contributed by atoms with E-state index in [0.717, 1.165) is 16.0 Å². The molecule has 0 spiro atoms. The Morgan fingerprint density at radius 2 is 1.42 bits per heavy atom. The van der Waals surface area contributed by atoms with Crippen LogP contribution in [0.15, 0.2) is 83.8 Å². The lowest BCUT2D eigenvalue weighted by molar-refractivity contribution is -0.893. The van der Waals surface area contributed by atoms with Crippen molar-refractivity contribution in [1.29, 1.82) is 0 Å².